The maximum atomic E-state index is 9.15. The van der Waals surface area contributed by atoms with E-state index in [1.165, 1.54) is 22.5 Å². The van der Waals surface area contributed by atoms with Crippen molar-refractivity contribution in [2.24, 2.45) is 0 Å². The number of hydrogen-bond acceptors (Lipinski definition) is 5. The minimum atomic E-state index is 0.132. The highest BCUT2D eigenvalue weighted by molar-refractivity contribution is 5.24. The fourth-order valence-electron chi connectivity index (χ4n) is 3.50. The van der Waals surface area contributed by atoms with Crippen molar-refractivity contribution in [3.8, 4) is 0 Å². The molecule has 136 valence electrons. The lowest BCUT2D eigenvalue weighted by molar-refractivity contribution is 0.120. The molecule has 0 unspecified atom stereocenters. The van der Waals surface area contributed by atoms with E-state index < -0.39 is 0 Å². The number of aliphatic hydroxyl groups is 1. The van der Waals surface area contributed by atoms with Crippen molar-refractivity contribution in [3.63, 3.8) is 0 Å². The lowest BCUT2D eigenvalue weighted by Crippen LogP contribution is -2.45. The largest absolute Gasteiger partial charge is 0.394 e. The van der Waals surface area contributed by atoms with Gasteiger partial charge in [0.1, 0.15) is 0 Å². The van der Waals surface area contributed by atoms with Gasteiger partial charge in [0, 0.05) is 56.7 Å². The number of rotatable bonds is 6. The number of hydrogen-bond donors (Lipinski definition) is 1. The lowest BCUT2D eigenvalue weighted by Gasteiger charge is -2.34. The summed E-state index contributed by atoms with van der Waals surface area (Å²) in [6, 6.07) is 4.13. The number of nitrogens with zero attached hydrogens (tertiary/aromatic N) is 5. The first-order chi connectivity index (χ1) is 12.1. The average Bonchev–Trinajstić information content (AvgIpc) is 2.86. The van der Waals surface area contributed by atoms with Gasteiger partial charge in [-0.05, 0) is 32.4 Å². The molecule has 1 fully saturated rings. The minimum absolute atomic E-state index is 0.132. The first-order valence-corrected chi connectivity index (χ1v) is 9.07. The zero-order valence-electron chi connectivity index (χ0n) is 15.6. The Morgan fingerprint density at radius 2 is 1.72 bits per heavy atom. The van der Waals surface area contributed by atoms with Crippen molar-refractivity contribution >= 4 is 0 Å². The monoisotopic (exact) mass is 343 g/mol. The van der Waals surface area contributed by atoms with E-state index in [1.54, 1.807) is 0 Å². The number of pyridine rings is 1. The van der Waals surface area contributed by atoms with Gasteiger partial charge in [-0.2, -0.15) is 5.10 Å². The summed E-state index contributed by atoms with van der Waals surface area (Å²) >= 11 is 0. The summed E-state index contributed by atoms with van der Waals surface area (Å²) in [4.78, 5) is 9.50. The van der Waals surface area contributed by atoms with Crippen molar-refractivity contribution in [3.05, 3.63) is 46.5 Å². The Hall–Kier alpha value is -1.76. The quantitative estimate of drug-likeness (QED) is 0.862. The van der Waals surface area contributed by atoms with Gasteiger partial charge in [0.05, 0.1) is 24.5 Å². The summed E-state index contributed by atoms with van der Waals surface area (Å²) in [6.45, 7) is 13.2. The maximum absolute atomic E-state index is 9.15. The van der Waals surface area contributed by atoms with E-state index in [1.807, 2.05) is 16.9 Å². The fourth-order valence-corrected chi connectivity index (χ4v) is 3.50. The third-order valence-corrected chi connectivity index (χ3v) is 5.18. The van der Waals surface area contributed by atoms with Crippen LogP contribution in [0.5, 0.6) is 0 Å². The summed E-state index contributed by atoms with van der Waals surface area (Å²) in [5.74, 6) is 0. The molecule has 6 heteroatoms. The SMILES string of the molecule is Cc1cccnc1CN1CCN(Cc2c(C)nn(CCO)c2C)CC1. The second-order valence-electron chi connectivity index (χ2n) is 6.92. The molecule has 0 bridgehead atoms. The van der Waals surface area contributed by atoms with Crippen molar-refractivity contribution in [1.82, 2.24) is 24.6 Å². The molecule has 0 spiro atoms. The van der Waals surface area contributed by atoms with E-state index in [-0.39, 0.29) is 6.61 Å². The van der Waals surface area contributed by atoms with Crippen LogP contribution in [0.1, 0.15) is 28.2 Å². The van der Waals surface area contributed by atoms with Crippen molar-refractivity contribution in [2.45, 2.75) is 40.4 Å². The van der Waals surface area contributed by atoms with Gasteiger partial charge < -0.3 is 5.11 Å². The molecule has 6 nitrogen and oxygen atoms in total. The van der Waals surface area contributed by atoms with Gasteiger partial charge in [-0.3, -0.25) is 19.5 Å². The van der Waals surface area contributed by atoms with Gasteiger partial charge in [0.25, 0.3) is 0 Å². The fraction of sp³-hybridized carbons (Fsp3) is 0.579. The maximum Gasteiger partial charge on any atom is 0.0644 e. The number of aliphatic hydroxyl groups excluding tert-OH is 1. The summed E-state index contributed by atoms with van der Waals surface area (Å²) < 4.78 is 1.92. The molecule has 2 aromatic heterocycles. The molecule has 1 aliphatic rings. The van der Waals surface area contributed by atoms with Crippen LogP contribution in [0.15, 0.2) is 18.3 Å². The highest BCUT2D eigenvalue weighted by Crippen LogP contribution is 2.17. The Kier molecular flexibility index (Phi) is 5.83. The highest BCUT2D eigenvalue weighted by atomic mass is 16.3. The van der Waals surface area contributed by atoms with E-state index in [9.17, 15) is 0 Å². The van der Waals surface area contributed by atoms with Crippen LogP contribution in [-0.4, -0.2) is 62.5 Å². The molecule has 1 N–H and O–H groups in total. The third kappa shape index (κ3) is 4.26. The molecule has 0 aliphatic carbocycles. The van der Waals surface area contributed by atoms with Gasteiger partial charge in [0.2, 0.25) is 0 Å². The highest BCUT2D eigenvalue weighted by Gasteiger charge is 2.20. The van der Waals surface area contributed by atoms with Crippen molar-refractivity contribution in [1.29, 1.82) is 0 Å². The molecular formula is C19H29N5O. The zero-order chi connectivity index (χ0) is 17.8. The predicted molar refractivity (Wildman–Crippen MR) is 98.3 cm³/mol. The van der Waals surface area contributed by atoms with Gasteiger partial charge in [0.15, 0.2) is 0 Å². The van der Waals surface area contributed by atoms with Gasteiger partial charge in [-0.1, -0.05) is 6.07 Å². The van der Waals surface area contributed by atoms with Crippen LogP contribution in [0.2, 0.25) is 0 Å². The predicted octanol–water partition coefficient (Wildman–Crippen LogP) is 1.51. The Morgan fingerprint density at radius 3 is 2.36 bits per heavy atom. The first-order valence-electron chi connectivity index (χ1n) is 9.07. The first kappa shape index (κ1) is 18.0. The van der Waals surface area contributed by atoms with Gasteiger partial charge >= 0.3 is 0 Å². The molecule has 25 heavy (non-hydrogen) atoms. The number of aromatic nitrogens is 3. The topological polar surface area (TPSA) is 57.4 Å². The van der Waals surface area contributed by atoms with Crippen LogP contribution < -0.4 is 0 Å². The normalized spacial score (nSPS) is 16.5. The molecule has 0 atom stereocenters. The molecule has 3 heterocycles. The van der Waals surface area contributed by atoms with Crippen LogP contribution in [0.3, 0.4) is 0 Å². The molecule has 2 aromatic rings. The average molecular weight is 343 g/mol. The number of piperazine rings is 1. The van der Waals surface area contributed by atoms with E-state index in [0.29, 0.717) is 6.54 Å². The van der Waals surface area contributed by atoms with E-state index in [0.717, 1.165) is 45.0 Å². The van der Waals surface area contributed by atoms with Crippen LogP contribution in [0, 0.1) is 20.8 Å². The Labute approximate surface area is 150 Å². The van der Waals surface area contributed by atoms with E-state index >= 15 is 0 Å². The van der Waals surface area contributed by atoms with Gasteiger partial charge in [-0.25, -0.2) is 0 Å². The molecule has 3 rings (SSSR count). The Morgan fingerprint density at radius 1 is 1.04 bits per heavy atom. The standard InChI is InChI=1S/C19H29N5O/c1-15-5-4-6-20-19(15)14-23-9-7-22(8-10-23)13-18-16(2)21-24(11-12-25)17(18)3/h4-6,25H,7-14H2,1-3H3. The molecule has 0 amide bonds. The summed E-state index contributed by atoms with van der Waals surface area (Å²) in [5, 5.41) is 13.7. The molecule has 0 aromatic carbocycles. The number of aryl methyl sites for hydroxylation is 2. The Balaban J connectivity index is 1.55. The third-order valence-electron chi connectivity index (χ3n) is 5.18. The summed E-state index contributed by atoms with van der Waals surface area (Å²) in [5.41, 5.74) is 6.03. The van der Waals surface area contributed by atoms with Crippen molar-refractivity contribution in [2.75, 3.05) is 32.8 Å². The van der Waals surface area contributed by atoms with Crippen LogP contribution >= 0.6 is 0 Å². The lowest BCUT2D eigenvalue weighted by atomic mass is 10.1. The molecule has 0 radical (unpaired) electrons. The smallest absolute Gasteiger partial charge is 0.0644 e. The van der Waals surface area contributed by atoms with Gasteiger partial charge in [-0.15, -0.1) is 0 Å². The van der Waals surface area contributed by atoms with Crippen molar-refractivity contribution < 1.29 is 5.11 Å². The second-order valence-corrected chi connectivity index (χ2v) is 6.92. The molecule has 0 saturated carbocycles. The Bertz CT molecular complexity index is 704. The molecular weight excluding hydrogens is 314 g/mol. The second kappa shape index (κ2) is 8.08. The zero-order valence-corrected chi connectivity index (χ0v) is 15.6. The van der Waals surface area contributed by atoms with E-state index in [2.05, 4.69) is 46.7 Å². The minimum Gasteiger partial charge on any atom is -0.394 e. The van der Waals surface area contributed by atoms with Crippen LogP contribution in [0.4, 0.5) is 0 Å². The van der Waals surface area contributed by atoms with E-state index in [4.69, 9.17) is 5.11 Å². The summed E-state index contributed by atoms with van der Waals surface area (Å²) in [6.07, 6.45) is 1.88. The molecule has 1 saturated heterocycles. The summed E-state index contributed by atoms with van der Waals surface area (Å²) in [7, 11) is 0. The van der Waals surface area contributed by atoms with Crippen LogP contribution in [-0.2, 0) is 19.6 Å². The molecule has 1 aliphatic heterocycles. The van der Waals surface area contributed by atoms with Crippen LogP contribution in [0.25, 0.3) is 0 Å².